The van der Waals surface area contributed by atoms with Gasteiger partial charge in [0.2, 0.25) is 5.91 Å². The van der Waals surface area contributed by atoms with Crippen molar-refractivity contribution in [1.82, 2.24) is 5.32 Å². The molecule has 0 heterocycles. The zero-order valence-corrected chi connectivity index (χ0v) is 24.9. The quantitative estimate of drug-likeness (QED) is 0.321. The molecule has 0 aromatic rings. The summed E-state index contributed by atoms with van der Waals surface area (Å²) in [5, 5.41) is 24.2. The van der Waals surface area contributed by atoms with Crippen molar-refractivity contribution in [2.45, 2.75) is 97.2 Å². The van der Waals surface area contributed by atoms with Crippen molar-refractivity contribution >= 4 is 16.0 Å². The summed E-state index contributed by atoms with van der Waals surface area (Å²) in [7, 11) is -4.31. The molecular weight excluding hydrogens is 477 g/mol. The summed E-state index contributed by atoms with van der Waals surface area (Å²) in [5.74, 6) is 1.92. The number of carbonyl (C=O) groups is 1. The molecule has 4 rings (SSSR count). The molecule has 10 atom stereocenters. The Morgan fingerprint density at radius 2 is 1.71 bits per heavy atom. The van der Waals surface area contributed by atoms with E-state index in [0.29, 0.717) is 41.9 Å². The van der Waals surface area contributed by atoms with Crippen LogP contribution in [0, 0.1) is 46.3 Å². The first-order valence-corrected chi connectivity index (χ1v) is 15.0. The third kappa shape index (κ3) is 5.99. The van der Waals surface area contributed by atoms with Gasteiger partial charge >= 0.3 is 29.6 Å². The molecule has 4 fully saturated rings. The molecule has 7 nitrogen and oxygen atoms in total. The fourth-order valence-corrected chi connectivity index (χ4v) is 9.49. The van der Waals surface area contributed by atoms with Crippen molar-refractivity contribution in [3.63, 3.8) is 0 Å². The Bertz CT molecular complexity index is 870. The Balaban J connectivity index is 0.00000342. The smallest absolute Gasteiger partial charge is 0.748 e. The fraction of sp³-hybridized carbons (Fsp3) is 0.962. The number of aliphatic hydroxyl groups excluding tert-OH is 2. The average Bonchev–Trinajstić information content (AvgIpc) is 3.09. The molecule has 4 saturated carbocycles. The maximum Gasteiger partial charge on any atom is 1.00 e. The van der Waals surface area contributed by atoms with Crippen LogP contribution in [-0.4, -0.2) is 53.6 Å². The topological polar surface area (TPSA) is 127 Å². The van der Waals surface area contributed by atoms with Gasteiger partial charge in [0.15, 0.2) is 0 Å². The standard InChI is InChI=1S/C26H45NO6S.Na/c1-16(4-7-23(30)27-12-13-34(31,32)33)19-5-6-20-24-21(9-11-26(19,20)3)25(2)10-8-18(28)14-17(25)15-22(24)29;/h16-22,24,28-29H,4-15H2,1-3H3,(H,27,30)(H,31,32,33);/q;+1/p-1/t16?,17-,18?,19?,20-,21-,22?,24-,25-,26+;/m0./s1. The molecule has 0 aromatic heterocycles. The molecule has 9 heteroatoms. The fourth-order valence-electron chi connectivity index (χ4n) is 9.14. The van der Waals surface area contributed by atoms with Crippen LogP contribution in [0.25, 0.3) is 0 Å². The van der Waals surface area contributed by atoms with Gasteiger partial charge in [-0.3, -0.25) is 4.79 Å². The van der Waals surface area contributed by atoms with Crippen LogP contribution in [0.2, 0.25) is 0 Å². The van der Waals surface area contributed by atoms with Gasteiger partial charge in [-0.1, -0.05) is 20.8 Å². The van der Waals surface area contributed by atoms with Crippen molar-refractivity contribution in [2.75, 3.05) is 12.3 Å². The van der Waals surface area contributed by atoms with Gasteiger partial charge < -0.3 is 20.1 Å². The molecule has 35 heavy (non-hydrogen) atoms. The number of rotatable bonds is 7. The number of hydrogen-bond acceptors (Lipinski definition) is 6. The number of carbonyl (C=O) groups excluding carboxylic acids is 1. The summed E-state index contributed by atoms with van der Waals surface area (Å²) in [6.07, 6.45) is 8.78. The van der Waals surface area contributed by atoms with Crippen LogP contribution in [0.1, 0.15) is 85.0 Å². The van der Waals surface area contributed by atoms with Crippen LogP contribution in [0.5, 0.6) is 0 Å². The average molecular weight is 522 g/mol. The van der Waals surface area contributed by atoms with Gasteiger partial charge in [0.05, 0.1) is 28.1 Å². The molecule has 3 N–H and O–H groups in total. The Labute approximate surface area is 233 Å². The van der Waals surface area contributed by atoms with E-state index in [9.17, 15) is 28.0 Å². The predicted octanol–water partition coefficient (Wildman–Crippen LogP) is 0.0587. The third-order valence-corrected chi connectivity index (χ3v) is 11.6. The number of hydrogen-bond donors (Lipinski definition) is 3. The van der Waals surface area contributed by atoms with E-state index in [0.717, 1.165) is 51.4 Å². The summed E-state index contributed by atoms with van der Waals surface area (Å²) in [6, 6.07) is 0. The van der Waals surface area contributed by atoms with E-state index < -0.39 is 15.9 Å². The molecule has 0 radical (unpaired) electrons. The Kier molecular flexibility index (Phi) is 9.54. The van der Waals surface area contributed by atoms with Crippen LogP contribution in [0.15, 0.2) is 0 Å². The number of amides is 1. The summed E-state index contributed by atoms with van der Waals surface area (Å²) in [6.45, 7) is 6.96. The van der Waals surface area contributed by atoms with Gasteiger partial charge in [0.1, 0.15) is 0 Å². The normalized spacial score (nSPS) is 43.8. The van der Waals surface area contributed by atoms with Crippen LogP contribution >= 0.6 is 0 Å². The van der Waals surface area contributed by atoms with E-state index in [-0.39, 0.29) is 65.0 Å². The van der Waals surface area contributed by atoms with Crippen LogP contribution in [-0.2, 0) is 14.9 Å². The summed E-state index contributed by atoms with van der Waals surface area (Å²) < 4.78 is 32.2. The number of aliphatic hydroxyl groups is 2. The summed E-state index contributed by atoms with van der Waals surface area (Å²) in [5.41, 5.74) is 0.399. The molecule has 4 aliphatic rings. The zero-order valence-electron chi connectivity index (χ0n) is 22.0. The number of nitrogens with one attached hydrogen (secondary N) is 1. The summed E-state index contributed by atoms with van der Waals surface area (Å²) in [4.78, 5) is 12.2. The van der Waals surface area contributed by atoms with Crippen LogP contribution in [0.4, 0.5) is 0 Å². The molecule has 0 spiro atoms. The molecule has 0 aromatic carbocycles. The molecule has 4 unspecified atom stereocenters. The molecule has 1 amide bonds. The molecule has 0 saturated heterocycles. The van der Waals surface area contributed by atoms with Gasteiger partial charge in [-0.15, -0.1) is 0 Å². The predicted molar refractivity (Wildman–Crippen MR) is 129 cm³/mol. The van der Waals surface area contributed by atoms with Gasteiger partial charge in [0, 0.05) is 13.0 Å². The first-order chi connectivity index (χ1) is 15.8. The van der Waals surface area contributed by atoms with Gasteiger partial charge in [-0.25, -0.2) is 8.42 Å². The first kappa shape index (κ1) is 29.9. The minimum atomic E-state index is -4.31. The maximum atomic E-state index is 12.2. The Morgan fingerprint density at radius 1 is 1.06 bits per heavy atom. The second-order valence-electron chi connectivity index (χ2n) is 12.6. The first-order valence-electron chi connectivity index (χ1n) is 13.4. The van der Waals surface area contributed by atoms with E-state index in [1.54, 1.807) is 0 Å². The van der Waals surface area contributed by atoms with Crippen molar-refractivity contribution in [3.05, 3.63) is 0 Å². The minimum absolute atomic E-state index is 0. The van der Waals surface area contributed by atoms with Crippen molar-refractivity contribution < 1.29 is 57.5 Å². The second kappa shape index (κ2) is 11.2. The Hall–Kier alpha value is 0.300. The molecular formula is C26H44NNaO6S. The largest absolute Gasteiger partial charge is 1.00 e. The third-order valence-electron chi connectivity index (χ3n) is 10.9. The molecule has 4 aliphatic carbocycles. The second-order valence-corrected chi connectivity index (χ2v) is 14.1. The maximum absolute atomic E-state index is 12.2. The van der Waals surface area contributed by atoms with E-state index in [4.69, 9.17) is 0 Å². The molecule has 0 aliphatic heterocycles. The molecule has 0 bridgehead atoms. The number of fused-ring (bicyclic) bond motifs is 5. The van der Waals surface area contributed by atoms with E-state index >= 15 is 0 Å². The zero-order chi connectivity index (χ0) is 24.9. The SMILES string of the molecule is CC(CCC(=O)NCCS(=O)(=O)[O-])C1CC[C@H]2[C@@H]3C(O)C[C@@H]4CC(O)CC[C@]4(C)[C@H]3CC[C@]12C.[Na+]. The Morgan fingerprint density at radius 3 is 2.40 bits per heavy atom. The monoisotopic (exact) mass is 521 g/mol. The van der Waals surface area contributed by atoms with Crippen molar-refractivity contribution in [2.24, 2.45) is 46.3 Å². The van der Waals surface area contributed by atoms with Crippen LogP contribution < -0.4 is 34.9 Å². The van der Waals surface area contributed by atoms with E-state index in [2.05, 4.69) is 26.1 Å². The minimum Gasteiger partial charge on any atom is -0.748 e. The van der Waals surface area contributed by atoms with Crippen molar-refractivity contribution in [3.8, 4) is 0 Å². The van der Waals surface area contributed by atoms with E-state index in [1.807, 2.05) is 0 Å². The van der Waals surface area contributed by atoms with E-state index in [1.165, 1.54) is 6.42 Å². The van der Waals surface area contributed by atoms with Gasteiger partial charge in [0.25, 0.3) is 0 Å². The van der Waals surface area contributed by atoms with Crippen molar-refractivity contribution in [1.29, 1.82) is 0 Å². The van der Waals surface area contributed by atoms with Crippen LogP contribution in [0.3, 0.4) is 0 Å². The summed E-state index contributed by atoms with van der Waals surface area (Å²) >= 11 is 0. The van der Waals surface area contributed by atoms with Gasteiger partial charge in [-0.2, -0.15) is 0 Å². The molecule has 196 valence electrons. The van der Waals surface area contributed by atoms with Gasteiger partial charge in [-0.05, 0) is 104 Å².